The Hall–Kier alpha value is -2.90. The third kappa shape index (κ3) is 7.04. The van der Waals surface area contributed by atoms with Crippen molar-refractivity contribution in [1.82, 2.24) is 5.32 Å². The highest BCUT2D eigenvalue weighted by Crippen LogP contribution is 2.36. The molecule has 0 saturated heterocycles. The molecule has 3 aromatic rings. The van der Waals surface area contributed by atoms with Gasteiger partial charge in [0.2, 0.25) is 0 Å². The van der Waals surface area contributed by atoms with Crippen molar-refractivity contribution < 1.29 is 22.8 Å². The zero-order valence-electron chi connectivity index (χ0n) is 19.9. The largest absolute Gasteiger partial charge is 0.457 e. The molecule has 176 valence electrons. The highest BCUT2D eigenvalue weighted by Gasteiger charge is 2.36. The molecule has 0 aliphatic carbocycles. The molecule has 0 spiro atoms. The molecule has 3 rings (SSSR count). The second-order valence-electron chi connectivity index (χ2n) is 9.50. The van der Waals surface area contributed by atoms with Crippen LogP contribution in [0.3, 0.4) is 0 Å². The Bertz CT molecular complexity index is 1110. The molecule has 1 heterocycles. The maximum Gasteiger partial charge on any atom is 0.407 e. The van der Waals surface area contributed by atoms with E-state index >= 15 is 0 Å². The van der Waals surface area contributed by atoms with Crippen LogP contribution in [0.5, 0.6) is 0 Å². The van der Waals surface area contributed by atoms with Crippen LogP contribution in [0.4, 0.5) is 9.18 Å². The lowest BCUT2D eigenvalue weighted by Gasteiger charge is -2.36. The van der Waals surface area contributed by atoms with Crippen LogP contribution in [0, 0.1) is 5.82 Å². The van der Waals surface area contributed by atoms with Crippen molar-refractivity contribution in [3.63, 3.8) is 0 Å². The Morgan fingerprint density at radius 2 is 1.79 bits per heavy atom. The van der Waals surface area contributed by atoms with E-state index in [9.17, 15) is 9.18 Å². The fraction of sp³-hybridized carbons (Fsp3) is 0.346. The SMILES string of the molecule is CC(C)(C)[Si](C)(C)OCCOC(=O)NCc1ccc2cc(/C=C\c3ccc(F)cc3)oc2c1. The molecule has 33 heavy (non-hydrogen) atoms. The van der Waals surface area contributed by atoms with Gasteiger partial charge in [0, 0.05) is 11.9 Å². The molecule has 0 saturated carbocycles. The monoisotopic (exact) mass is 469 g/mol. The average molecular weight is 470 g/mol. The minimum Gasteiger partial charge on any atom is -0.457 e. The molecule has 1 N–H and O–H groups in total. The number of hydrogen-bond acceptors (Lipinski definition) is 4. The van der Waals surface area contributed by atoms with Crippen LogP contribution in [-0.4, -0.2) is 27.6 Å². The second-order valence-corrected chi connectivity index (χ2v) is 14.3. The fourth-order valence-corrected chi connectivity index (χ4v) is 3.94. The molecule has 0 atom stereocenters. The third-order valence-corrected chi connectivity index (χ3v) is 10.5. The molecule has 0 radical (unpaired) electrons. The van der Waals surface area contributed by atoms with Crippen LogP contribution in [0.2, 0.25) is 18.1 Å². The number of benzene rings is 2. The number of rotatable bonds is 8. The van der Waals surface area contributed by atoms with Crippen LogP contribution in [0.1, 0.15) is 37.7 Å². The lowest BCUT2D eigenvalue weighted by Crippen LogP contribution is -2.41. The Balaban J connectivity index is 1.48. The topological polar surface area (TPSA) is 60.7 Å². The molecule has 1 aromatic heterocycles. The predicted octanol–water partition coefficient (Wildman–Crippen LogP) is 6.99. The third-order valence-electron chi connectivity index (χ3n) is 5.94. The van der Waals surface area contributed by atoms with Gasteiger partial charge in [-0.3, -0.25) is 0 Å². The lowest BCUT2D eigenvalue weighted by molar-refractivity contribution is 0.121. The second kappa shape index (κ2) is 10.4. The number of hydrogen-bond donors (Lipinski definition) is 1. The van der Waals surface area contributed by atoms with E-state index < -0.39 is 14.4 Å². The van der Waals surface area contributed by atoms with Crippen molar-refractivity contribution in [2.24, 2.45) is 0 Å². The molecule has 0 aliphatic heterocycles. The highest BCUT2D eigenvalue weighted by molar-refractivity contribution is 6.74. The van der Waals surface area contributed by atoms with Crippen LogP contribution in [0.15, 0.2) is 52.9 Å². The Morgan fingerprint density at radius 1 is 1.06 bits per heavy atom. The molecule has 0 bridgehead atoms. The lowest BCUT2D eigenvalue weighted by atomic mass is 10.1. The smallest absolute Gasteiger partial charge is 0.407 e. The summed E-state index contributed by atoms with van der Waals surface area (Å²) in [6.45, 7) is 11.8. The van der Waals surface area contributed by atoms with Gasteiger partial charge in [0.05, 0.1) is 6.61 Å². The van der Waals surface area contributed by atoms with Gasteiger partial charge >= 0.3 is 6.09 Å². The number of halogens is 1. The number of ether oxygens (including phenoxy) is 1. The standard InChI is InChI=1S/C26H32FNO4Si/c1-26(2,3)33(4,5)31-15-14-30-25(29)28-18-20-6-10-21-17-23(32-24(21)16-20)13-9-19-7-11-22(27)12-8-19/h6-13,16-17H,14-15,18H2,1-5H3,(H,28,29)/b13-9-. The zero-order chi connectivity index (χ0) is 24.1. The normalized spacial score (nSPS) is 12.4. The van der Waals surface area contributed by atoms with Crippen molar-refractivity contribution in [2.45, 2.75) is 45.4 Å². The van der Waals surface area contributed by atoms with Crippen LogP contribution < -0.4 is 5.32 Å². The van der Waals surface area contributed by atoms with Gasteiger partial charge in [0.25, 0.3) is 0 Å². The first-order valence-electron chi connectivity index (χ1n) is 11.0. The first-order valence-corrected chi connectivity index (χ1v) is 13.9. The number of fused-ring (bicyclic) bond motifs is 1. The molecule has 1 amide bonds. The summed E-state index contributed by atoms with van der Waals surface area (Å²) in [6, 6.07) is 14.0. The summed E-state index contributed by atoms with van der Waals surface area (Å²) in [7, 11) is -1.84. The van der Waals surface area contributed by atoms with Gasteiger partial charge in [-0.05, 0) is 59.6 Å². The summed E-state index contributed by atoms with van der Waals surface area (Å²) in [5, 5.41) is 3.84. The molecular formula is C26H32FNO4Si. The van der Waals surface area contributed by atoms with Gasteiger partial charge in [-0.15, -0.1) is 0 Å². The van der Waals surface area contributed by atoms with E-state index in [2.05, 4.69) is 39.2 Å². The van der Waals surface area contributed by atoms with E-state index in [4.69, 9.17) is 13.6 Å². The number of furan rings is 1. The molecule has 0 fully saturated rings. The van der Waals surface area contributed by atoms with Gasteiger partial charge in [-0.2, -0.15) is 0 Å². The van der Waals surface area contributed by atoms with E-state index in [0.717, 1.165) is 22.1 Å². The molecule has 2 aromatic carbocycles. The number of amides is 1. The van der Waals surface area contributed by atoms with Gasteiger partial charge in [-0.25, -0.2) is 9.18 Å². The first kappa shape index (κ1) is 24.7. The summed E-state index contributed by atoms with van der Waals surface area (Å²) in [4.78, 5) is 12.0. The van der Waals surface area contributed by atoms with Gasteiger partial charge < -0.3 is 18.9 Å². The van der Waals surface area contributed by atoms with Gasteiger partial charge in [0.15, 0.2) is 8.32 Å². The van der Waals surface area contributed by atoms with E-state index in [1.165, 1.54) is 12.1 Å². The van der Waals surface area contributed by atoms with Crippen molar-refractivity contribution in [3.8, 4) is 0 Å². The summed E-state index contributed by atoms with van der Waals surface area (Å²) in [5.41, 5.74) is 2.51. The minimum atomic E-state index is -1.84. The Labute approximate surface area is 195 Å². The van der Waals surface area contributed by atoms with E-state index in [1.54, 1.807) is 12.1 Å². The maximum atomic E-state index is 13.0. The average Bonchev–Trinajstić information content (AvgIpc) is 3.16. The first-order chi connectivity index (χ1) is 15.5. The Morgan fingerprint density at radius 3 is 2.48 bits per heavy atom. The number of carbonyl (C=O) groups excluding carboxylic acids is 1. The van der Waals surface area contributed by atoms with Crippen molar-refractivity contribution in [2.75, 3.05) is 13.2 Å². The summed E-state index contributed by atoms with van der Waals surface area (Å²) in [5.74, 6) is 0.431. The van der Waals surface area contributed by atoms with E-state index in [1.807, 2.05) is 36.4 Å². The zero-order valence-corrected chi connectivity index (χ0v) is 20.9. The summed E-state index contributed by atoms with van der Waals surface area (Å²) >= 11 is 0. The maximum absolute atomic E-state index is 13.0. The van der Waals surface area contributed by atoms with Gasteiger partial charge in [-0.1, -0.05) is 51.1 Å². The van der Waals surface area contributed by atoms with Crippen LogP contribution >= 0.6 is 0 Å². The molecule has 0 aliphatic rings. The Kier molecular flexibility index (Phi) is 7.76. The van der Waals surface area contributed by atoms with Crippen LogP contribution in [-0.2, 0) is 15.7 Å². The number of alkyl carbamates (subject to hydrolysis) is 1. The summed E-state index contributed by atoms with van der Waals surface area (Å²) in [6.07, 6.45) is 3.23. The molecular weight excluding hydrogens is 437 g/mol. The number of carbonyl (C=O) groups is 1. The number of nitrogens with one attached hydrogen (secondary N) is 1. The quantitative estimate of drug-likeness (QED) is 0.285. The minimum absolute atomic E-state index is 0.121. The van der Waals surface area contributed by atoms with Gasteiger partial charge in [0.1, 0.15) is 23.8 Å². The van der Waals surface area contributed by atoms with Crippen molar-refractivity contribution >= 4 is 37.5 Å². The molecule has 5 nitrogen and oxygen atoms in total. The van der Waals surface area contributed by atoms with Crippen molar-refractivity contribution in [1.29, 1.82) is 0 Å². The molecule has 0 unspecified atom stereocenters. The fourth-order valence-electron chi connectivity index (χ4n) is 2.91. The summed E-state index contributed by atoms with van der Waals surface area (Å²) < 4.78 is 30.1. The molecule has 7 heteroatoms. The van der Waals surface area contributed by atoms with E-state index in [-0.39, 0.29) is 17.5 Å². The predicted molar refractivity (Wildman–Crippen MR) is 133 cm³/mol. The highest BCUT2D eigenvalue weighted by atomic mass is 28.4. The van der Waals surface area contributed by atoms with Crippen molar-refractivity contribution in [3.05, 3.63) is 71.2 Å². The van der Waals surface area contributed by atoms with E-state index in [0.29, 0.717) is 18.9 Å². The van der Waals surface area contributed by atoms with Crippen LogP contribution in [0.25, 0.3) is 23.1 Å².